The summed E-state index contributed by atoms with van der Waals surface area (Å²) in [6.07, 6.45) is 1.95. The lowest BCUT2D eigenvalue weighted by Gasteiger charge is -1.85. The van der Waals surface area contributed by atoms with Crippen LogP contribution in [0.2, 0.25) is 0 Å². The Morgan fingerprint density at radius 3 is 2.14 bits per heavy atom. The molecule has 0 spiro atoms. The van der Waals surface area contributed by atoms with Crippen molar-refractivity contribution in [1.29, 1.82) is 0 Å². The third-order valence-corrected chi connectivity index (χ3v) is 0.701. The van der Waals surface area contributed by atoms with Gasteiger partial charge in [0.25, 0.3) is 0 Å². The highest BCUT2D eigenvalue weighted by molar-refractivity contribution is 7.80. The maximum Gasteiger partial charge on any atom is 0.0727 e. The van der Waals surface area contributed by atoms with E-state index in [1.807, 2.05) is 0 Å². The summed E-state index contributed by atoms with van der Waals surface area (Å²) in [5, 5.41) is 0. The maximum absolute atomic E-state index is 5.13. The second-order valence-electron chi connectivity index (χ2n) is 1.22. The second-order valence-corrected chi connectivity index (χ2v) is 1.74. The molecule has 7 heavy (non-hydrogen) atoms. The van der Waals surface area contributed by atoms with Crippen LogP contribution in [0.3, 0.4) is 0 Å². The quantitative estimate of drug-likeness (QED) is 0.587. The molecule has 0 aromatic rings. The molecule has 0 bridgehead atoms. The summed E-state index contributed by atoms with van der Waals surface area (Å²) >= 11 is 4.57. The van der Waals surface area contributed by atoms with Gasteiger partial charge in [-0.1, -0.05) is 19.1 Å². The van der Waals surface area contributed by atoms with Crippen molar-refractivity contribution >= 4 is 29.6 Å². The molecule has 0 saturated carbocycles. The van der Waals surface area contributed by atoms with Crippen LogP contribution in [0.15, 0.2) is 0 Å². The smallest absolute Gasteiger partial charge is 0.0727 e. The predicted molar refractivity (Wildman–Crippen MR) is 38.9 cm³/mol. The molecule has 44 valence electrons. The van der Waals surface area contributed by atoms with Gasteiger partial charge in [0.15, 0.2) is 0 Å². The molecule has 0 fully saturated rings. The second kappa shape index (κ2) is 6.18. The van der Waals surface area contributed by atoms with Crippen LogP contribution in [0.1, 0.15) is 19.8 Å². The first-order valence-corrected chi connectivity index (χ1v) is 2.46. The standard InChI is InChI=1S/C4H9NS.ClH/c1-2-3-4(5)6;/h2-3H2,1H3,(H2,5,6);1H. The summed E-state index contributed by atoms with van der Waals surface area (Å²) in [6.45, 7) is 2.05. The molecule has 1 nitrogen and oxygen atoms in total. The normalized spacial score (nSPS) is 7.00. The van der Waals surface area contributed by atoms with Crippen LogP contribution in [0.4, 0.5) is 0 Å². The average Bonchev–Trinajstić information content (AvgIpc) is 1.35. The van der Waals surface area contributed by atoms with E-state index in [-0.39, 0.29) is 12.4 Å². The van der Waals surface area contributed by atoms with Crippen LogP contribution in [0, 0.1) is 0 Å². The van der Waals surface area contributed by atoms with E-state index >= 15 is 0 Å². The Labute approximate surface area is 55.7 Å². The fourth-order valence-electron chi connectivity index (χ4n) is 0.246. The number of hydrogen-bond acceptors (Lipinski definition) is 1. The lowest BCUT2D eigenvalue weighted by Crippen LogP contribution is -2.05. The van der Waals surface area contributed by atoms with Crippen LogP contribution < -0.4 is 5.73 Å². The monoisotopic (exact) mass is 139 g/mol. The van der Waals surface area contributed by atoms with E-state index in [1.54, 1.807) is 0 Å². The van der Waals surface area contributed by atoms with Crippen LogP contribution >= 0.6 is 24.6 Å². The SMILES string of the molecule is CCCC(N)=S.Cl. The zero-order valence-electron chi connectivity index (χ0n) is 4.31. The number of thiocarbonyl (C=S) groups is 1. The van der Waals surface area contributed by atoms with E-state index < -0.39 is 0 Å². The topological polar surface area (TPSA) is 26.0 Å². The van der Waals surface area contributed by atoms with Crippen molar-refractivity contribution in [2.45, 2.75) is 19.8 Å². The Balaban J connectivity index is 0. The molecular formula is C4H10ClNS. The van der Waals surface area contributed by atoms with Gasteiger partial charge >= 0.3 is 0 Å². The van der Waals surface area contributed by atoms with Crippen molar-refractivity contribution < 1.29 is 0 Å². The highest BCUT2D eigenvalue weighted by Crippen LogP contribution is 1.83. The van der Waals surface area contributed by atoms with Gasteiger partial charge in [0.05, 0.1) is 4.99 Å². The lowest BCUT2D eigenvalue weighted by molar-refractivity contribution is 0.998. The molecule has 0 rings (SSSR count). The van der Waals surface area contributed by atoms with Gasteiger partial charge < -0.3 is 5.73 Å². The molecule has 0 aliphatic carbocycles. The first-order chi connectivity index (χ1) is 2.77. The van der Waals surface area contributed by atoms with E-state index in [0.717, 1.165) is 12.8 Å². The third kappa shape index (κ3) is 10.7. The number of nitrogens with two attached hydrogens (primary N) is 1. The lowest BCUT2D eigenvalue weighted by atomic mass is 10.3. The van der Waals surface area contributed by atoms with Gasteiger partial charge in [-0.2, -0.15) is 0 Å². The average molecular weight is 140 g/mol. The molecule has 0 heterocycles. The predicted octanol–water partition coefficient (Wildman–Crippen LogP) is 1.49. The van der Waals surface area contributed by atoms with Gasteiger partial charge in [-0.15, -0.1) is 12.4 Å². The highest BCUT2D eigenvalue weighted by Gasteiger charge is 1.79. The fraction of sp³-hybridized carbons (Fsp3) is 0.750. The minimum absolute atomic E-state index is 0. The summed E-state index contributed by atoms with van der Waals surface area (Å²) in [5.74, 6) is 0. The van der Waals surface area contributed by atoms with Gasteiger partial charge in [-0.25, -0.2) is 0 Å². The van der Waals surface area contributed by atoms with E-state index in [1.165, 1.54) is 0 Å². The van der Waals surface area contributed by atoms with Gasteiger partial charge in [0.2, 0.25) is 0 Å². The largest absolute Gasteiger partial charge is 0.393 e. The Kier molecular flexibility index (Phi) is 9.02. The van der Waals surface area contributed by atoms with Crippen molar-refractivity contribution in [2.75, 3.05) is 0 Å². The first kappa shape index (κ1) is 10.2. The molecular weight excluding hydrogens is 130 g/mol. The number of halogens is 1. The summed E-state index contributed by atoms with van der Waals surface area (Å²) in [7, 11) is 0. The van der Waals surface area contributed by atoms with Gasteiger partial charge in [-0.05, 0) is 12.8 Å². The Hall–Kier alpha value is 0.180. The molecule has 0 unspecified atom stereocenters. The van der Waals surface area contributed by atoms with Crippen molar-refractivity contribution in [1.82, 2.24) is 0 Å². The van der Waals surface area contributed by atoms with E-state index in [0.29, 0.717) is 4.99 Å². The summed E-state index contributed by atoms with van der Waals surface area (Å²) in [6, 6.07) is 0. The Morgan fingerprint density at radius 2 is 2.14 bits per heavy atom. The molecule has 3 heteroatoms. The molecule has 2 N–H and O–H groups in total. The molecule has 0 saturated heterocycles. The van der Waals surface area contributed by atoms with Gasteiger partial charge in [-0.3, -0.25) is 0 Å². The number of hydrogen-bond donors (Lipinski definition) is 1. The van der Waals surface area contributed by atoms with Crippen molar-refractivity contribution in [3.8, 4) is 0 Å². The third-order valence-electron chi connectivity index (χ3n) is 0.496. The molecule has 0 radical (unpaired) electrons. The molecule has 0 aromatic carbocycles. The fourth-order valence-corrected chi connectivity index (χ4v) is 0.451. The van der Waals surface area contributed by atoms with Crippen molar-refractivity contribution in [3.63, 3.8) is 0 Å². The van der Waals surface area contributed by atoms with Crippen LogP contribution in [-0.4, -0.2) is 4.99 Å². The molecule has 0 amide bonds. The Bertz CT molecular complexity index is 55.7. The Morgan fingerprint density at radius 1 is 1.71 bits per heavy atom. The van der Waals surface area contributed by atoms with Crippen molar-refractivity contribution in [3.05, 3.63) is 0 Å². The molecule has 0 aliphatic heterocycles. The zero-order valence-corrected chi connectivity index (χ0v) is 5.94. The summed E-state index contributed by atoms with van der Waals surface area (Å²) in [4.78, 5) is 0.623. The van der Waals surface area contributed by atoms with Crippen LogP contribution in [-0.2, 0) is 0 Å². The van der Waals surface area contributed by atoms with E-state index in [4.69, 9.17) is 5.73 Å². The summed E-state index contributed by atoms with van der Waals surface area (Å²) < 4.78 is 0. The molecule has 0 aromatic heterocycles. The van der Waals surface area contributed by atoms with Gasteiger partial charge in [0, 0.05) is 0 Å². The number of rotatable bonds is 2. The van der Waals surface area contributed by atoms with Crippen molar-refractivity contribution in [2.24, 2.45) is 5.73 Å². The first-order valence-electron chi connectivity index (χ1n) is 2.05. The van der Waals surface area contributed by atoms with Crippen LogP contribution in [0.25, 0.3) is 0 Å². The van der Waals surface area contributed by atoms with Gasteiger partial charge in [0.1, 0.15) is 0 Å². The van der Waals surface area contributed by atoms with E-state index in [9.17, 15) is 0 Å². The molecule has 0 aliphatic rings. The van der Waals surface area contributed by atoms with E-state index in [2.05, 4.69) is 19.1 Å². The summed E-state index contributed by atoms with van der Waals surface area (Å²) in [5.41, 5.74) is 5.13. The molecule has 0 atom stereocenters. The van der Waals surface area contributed by atoms with Crippen LogP contribution in [0.5, 0.6) is 0 Å². The maximum atomic E-state index is 5.13. The minimum Gasteiger partial charge on any atom is -0.393 e. The highest BCUT2D eigenvalue weighted by atomic mass is 35.5. The minimum atomic E-state index is 0. The zero-order chi connectivity index (χ0) is 4.99.